The molecule has 0 saturated carbocycles. The van der Waals surface area contributed by atoms with E-state index in [-0.39, 0.29) is 5.91 Å². The summed E-state index contributed by atoms with van der Waals surface area (Å²) in [5.41, 5.74) is 4.61. The third kappa shape index (κ3) is 2.35. The van der Waals surface area contributed by atoms with Crippen LogP contribution in [0.1, 0.15) is 34.5 Å². The van der Waals surface area contributed by atoms with Crippen LogP contribution < -0.4 is 5.32 Å². The number of aryl methyl sites for hydroxylation is 2. The number of hydrogen-bond acceptors (Lipinski definition) is 3. The molecule has 4 nitrogen and oxygen atoms in total. The third-order valence-electron chi connectivity index (χ3n) is 4.17. The molecule has 0 fully saturated rings. The van der Waals surface area contributed by atoms with Crippen molar-refractivity contribution < 1.29 is 4.79 Å². The molecule has 2 heterocycles. The van der Waals surface area contributed by atoms with Crippen LogP contribution in [0.25, 0.3) is 10.9 Å². The Balaban J connectivity index is 1.67. The van der Waals surface area contributed by atoms with Crippen LogP contribution in [-0.2, 0) is 12.8 Å². The molecule has 1 aromatic heterocycles. The minimum Gasteiger partial charge on any atom is -0.358 e. The van der Waals surface area contributed by atoms with Gasteiger partial charge >= 0.3 is 0 Å². The summed E-state index contributed by atoms with van der Waals surface area (Å²) >= 11 is 1.61. The number of nitrogens with one attached hydrogen (secondary N) is 2. The van der Waals surface area contributed by atoms with E-state index >= 15 is 0 Å². The number of rotatable bonds is 1. The van der Waals surface area contributed by atoms with Crippen molar-refractivity contribution in [2.75, 3.05) is 12.3 Å². The fourth-order valence-corrected chi connectivity index (χ4v) is 3.85. The van der Waals surface area contributed by atoms with Gasteiger partial charge in [-0.15, -0.1) is 0 Å². The van der Waals surface area contributed by atoms with Crippen LogP contribution in [0.5, 0.6) is 0 Å². The predicted molar refractivity (Wildman–Crippen MR) is 87.2 cm³/mol. The highest BCUT2D eigenvalue weighted by Gasteiger charge is 2.18. The quantitative estimate of drug-likeness (QED) is 0.850. The van der Waals surface area contributed by atoms with E-state index in [4.69, 9.17) is 0 Å². The first kappa shape index (κ1) is 13.0. The molecule has 0 saturated heterocycles. The van der Waals surface area contributed by atoms with Crippen LogP contribution >= 0.6 is 11.8 Å². The number of fused-ring (bicyclic) bond motifs is 3. The smallest absolute Gasteiger partial charge is 0.257 e. The fourth-order valence-electron chi connectivity index (χ4n) is 3.13. The third-order valence-corrected chi connectivity index (χ3v) is 5.06. The van der Waals surface area contributed by atoms with Crippen LogP contribution in [0.15, 0.2) is 23.2 Å². The lowest BCUT2D eigenvalue weighted by Crippen LogP contribution is -2.27. The molecule has 108 valence electrons. The Labute approximate surface area is 127 Å². The molecule has 0 atom stereocenters. The van der Waals surface area contributed by atoms with Gasteiger partial charge in [0.1, 0.15) is 0 Å². The standard InChI is InChI=1S/C16H17N3OS/c20-15(19-16-17-7-8-21-16)10-5-6-14-12(9-10)11-3-1-2-4-13(11)18-14/h5-6,9,18H,1-4,7-8H2,(H,17,19,20). The first-order valence-corrected chi connectivity index (χ1v) is 8.42. The molecule has 0 unspecified atom stereocenters. The number of carbonyl (C=O) groups excluding carboxylic acids is 1. The number of aromatic amines is 1. The number of H-pyrrole nitrogens is 1. The van der Waals surface area contributed by atoms with E-state index in [2.05, 4.69) is 15.3 Å². The van der Waals surface area contributed by atoms with Gasteiger partial charge in [0.25, 0.3) is 5.91 Å². The topological polar surface area (TPSA) is 57.2 Å². The van der Waals surface area contributed by atoms with E-state index in [1.54, 1.807) is 11.8 Å². The molecule has 1 aliphatic carbocycles. The molecule has 1 aromatic carbocycles. The van der Waals surface area contributed by atoms with Gasteiger partial charge in [0.05, 0.1) is 6.54 Å². The molecule has 0 spiro atoms. The summed E-state index contributed by atoms with van der Waals surface area (Å²) in [6, 6.07) is 5.93. The highest BCUT2D eigenvalue weighted by molar-refractivity contribution is 8.14. The summed E-state index contributed by atoms with van der Waals surface area (Å²) in [4.78, 5) is 20.1. The molecule has 0 bridgehead atoms. The molecule has 2 N–H and O–H groups in total. The summed E-state index contributed by atoms with van der Waals surface area (Å²) in [5, 5.41) is 4.85. The van der Waals surface area contributed by atoms with Crippen molar-refractivity contribution in [1.82, 2.24) is 10.3 Å². The first-order chi connectivity index (χ1) is 10.3. The van der Waals surface area contributed by atoms with E-state index in [0.29, 0.717) is 5.56 Å². The minimum atomic E-state index is -0.0594. The maximum absolute atomic E-state index is 12.3. The molecule has 1 aliphatic heterocycles. The molecule has 1 amide bonds. The monoisotopic (exact) mass is 299 g/mol. The summed E-state index contributed by atoms with van der Waals surface area (Å²) in [6.45, 7) is 0.796. The van der Waals surface area contributed by atoms with Crippen molar-refractivity contribution in [2.45, 2.75) is 25.7 Å². The summed E-state index contributed by atoms with van der Waals surface area (Å²) in [6.07, 6.45) is 4.73. The van der Waals surface area contributed by atoms with Gasteiger partial charge in [-0.2, -0.15) is 0 Å². The van der Waals surface area contributed by atoms with Crippen molar-refractivity contribution in [1.29, 1.82) is 0 Å². The Morgan fingerprint density at radius 1 is 1.29 bits per heavy atom. The fraction of sp³-hybridized carbons (Fsp3) is 0.375. The van der Waals surface area contributed by atoms with Crippen LogP contribution in [-0.4, -0.2) is 28.4 Å². The van der Waals surface area contributed by atoms with Gasteiger partial charge in [-0.25, -0.2) is 0 Å². The maximum Gasteiger partial charge on any atom is 0.257 e. The molecular weight excluding hydrogens is 282 g/mol. The van der Waals surface area contributed by atoms with Gasteiger partial charge in [-0.1, -0.05) is 11.8 Å². The van der Waals surface area contributed by atoms with E-state index < -0.39 is 0 Å². The lowest BCUT2D eigenvalue weighted by atomic mass is 9.95. The number of hydrogen-bond donors (Lipinski definition) is 2. The second kappa shape index (κ2) is 5.22. The Morgan fingerprint density at radius 2 is 2.19 bits per heavy atom. The van der Waals surface area contributed by atoms with E-state index in [0.717, 1.165) is 35.8 Å². The first-order valence-electron chi connectivity index (χ1n) is 7.43. The average molecular weight is 299 g/mol. The maximum atomic E-state index is 12.3. The molecule has 21 heavy (non-hydrogen) atoms. The number of nitrogens with zero attached hydrogens (tertiary/aromatic N) is 1. The molecular formula is C16H17N3OS. The molecule has 2 aromatic rings. The number of carbonyl (C=O) groups is 1. The molecule has 2 aliphatic rings. The zero-order chi connectivity index (χ0) is 14.2. The van der Waals surface area contributed by atoms with Gasteiger partial charge in [0, 0.05) is 27.9 Å². The van der Waals surface area contributed by atoms with Crippen molar-refractivity contribution in [2.24, 2.45) is 4.99 Å². The second-order valence-electron chi connectivity index (χ2n) is 5.54. The number of aromatic nitrogens is 1. The van der Waals surface area contributed by atoms with Gasteiger partial charge < -0.3 is 10.3 Å². The number of aliphatic imine (C=N–C) groups is 1. The van der Waals surface area contributed by atoms with Crippen LogP contribution in [0, 0.1) is 0 Å². The van der Waals surface area contributed by atoms with Gasteiger partial charge in [-0.3, -0.25) is 9.79 Å². The second-order valence-corrected chi connectivity index (χ2v) is 6.62. The van der Waals surface area contributed by atoms with E-state index in [1.807, 2.05) is 18.2 Å². The number of amides is 1. The summed E-state index contributed by atoms with van der Waals surface area (Å²) < 4.78 is 0. The normalized spacial score (nSPS) is 17.6. The van der Waals surface area contributed by atoms with Crippen molar-refractivity contribution in [3.63, 3.8) is 0 Å². The molecule has 5 heteroatoms. The average Bonchev–Trinajstić information content (AvgIpc) is 3.13. The molecule has 0 radical (unpaired) electrons. The van der Waals surface area contributed by atoms with Crippen LogP contribution in [0.4, 0.5) is 0 Å². The highest BCUT2D eigenvalue weighted by atomic mass is 32.2. The van der Waals surface area contributed by atoms with E-state index in [9.17, 15) is 4.79 Å². The lowest BCUT2D eigenvalue weighted by molar-refractivity contribution is 0.0978. The van der Waals surface area contributed by atoms with E-state index in [1.165, 1.54) is 29.5 Å². The van der Waals surface area contributed by atoms with Gasteiger partial charge in [0.2, 0.25) is 0 Å². The largest absolute Gasteiger partial charge is 0.358 e. The van der Waals surface area contributed by atoms with Gasteiger partial charge in [-0.05, 0) is 49.4 Å². The Morgan fingerprint density at radius 3 is 3.05 bits per heavy atom. The van der Waals surface area contributed by atoms with Gasteiger partial charge in [0.15, 0.2) is 5.17 Å². The number of amidine groups is 1. The van der Waals surface area contributed by atoms with Crippen LogP contribution in [0.3, 0.4) is 0 Å². The zero-order valence-corrected chi connectivity index (χ0v) is 12.6. The Hall–Kier alpha value is -1.75. The van der Waals surface area contributed by atoms with Crippen molar-refractivity contribution >= 4 is 33.7 Å². The van der Waals surface area contributed by atoms with Crippen LogP contribution in [0.2, 0.25) is 0 Å². The molecule has 4 rings (SSSR count). The highest BCUT2D eigenvalue weighted by Crippen LogP contribution is 2.29. The zero-order valence-electron chi connectivity index (χ0n) is 11.7. The number of thioether (sulfide) groups is 1. The Kier molecular flexibility index (Phi) is 3.22. The van der Waals surface area contributed by atoms with Crippen molar-refractivity contribution in [3.8, 4) is 0 Å². The number of benzene rings is 1. The lowest BCUT2D eigenvalue weighted by Gasteiger charge is -2.10. The summed E-state index contributed by atoms with van der Waals surface area (Å²) in [5.74, 6) is 0.899. The Bertz CT molecular complexity index is 747. The predicted octanol–water partition coefficient (Wildman–Crippen LogP) is 2.88. The van der Waals surface area contributed by atoms with Crippen molar-refractivity contribution in [3.05, 3.63) is 35.0 Å². The summed E-state index contributed by atoms with van der Waals surface area (Å²) in [7, 11) is 0. The SMILES string of the molecule is O=C(NC1=NCCS1)c1ccc2[nH]c3c(c2c1)CCCC3. The minimum absolute atomic E-state index is 0.0594.